The second kappa shape index (κ2) is 8.41. The lowest BCUT2D eigenvalue weighted by atomic mass is 10.0. The number of aromatic nitrogens is 5. The molecule has 0 aliphatic carbocycles. The van der Waals surface area contributed by atoms with Gasteiger partial charge in [0.25, 0.3) is 5.91 Å². The first kappa shape index (κ1) is 24.6. The highest BCUT2D eigenvalue weighted by atomic mass is 19.4. The summed E-state index contributed by atoms with van der Waals surface area (Å²) >= 11 is 0. The van der Waals surface area contributed by atoms with Crippen molar-refractivity contribution in [3.63, 3.8) is 0 Å². The second-order valence-electron chi connectivity index (χ2n) is 9.42. The lowest BCUT2D eigenvalue weighted by molar-refractivity contribution is -0.212. The maximum absolute atomic E-state index is 15.2. The molecule has 0 spiro atoms. The van der Waals surface area contributed by atoms with E-state index in [1.165, 1.54) is 17.0 Å². The number of benzene rings is 2. The third kappa shape index (κ3) is 3.83. The zero-order valence-corrected chi connectivity index (χ0v) is 20.9. The number of nitrogens with zero attached hydrogens (tertiary/aromatic N) is 6. The van der Waals surface area contributed by atoms with Gasteiger partial charge in [0, 0.05) is 42.9 Å². The Labute approximate surface area is 218 Å². The molecule has 0 radical (unpaired) electrons. The lowest BCUT2D eigenvalue weighted by Gasteiger charge is -2.24. The van der Waals surface area contributed by atoms with Crippen molar-refractivity contribution in [3.05, 3.63) is 65.4 Å². The van der Waals surface area contributed by atoms with Crippen LogP contribution in [0.3, 0.4) is 0 Å². The highest BCUT2D eigenvalue weighted by molar-refractivity contribution is 6.11. The number of aryl methyl sites for hydroxylation is 2. The smallest absolute Gasteiger partial charge is 0.491 e. The van der Waals surface area contributed by atoms with E-state index in [1.807, 2.05) is 0 Å². The van der Waals surface area contributed by atoms with Gasteiger partial charge in [-0.05, 0) is 24.6 Å². The Morgan fingerprint density at radius 1 is 1.21 bits per heavy atom. The van der Waals surface area contributed by atoms with Crippen molar-refractivity contribution >= 4 is 33.5 Å². The van der Waals surface area contributed by atoms with E-state index in [0.717, 1.165) is 12.4 Å². The summed E-state index contributed by atoms with van der Waals surface area (Å²) in [6, 6.07) is 7.00. The third-order valence-electron chi connectivity index (χ3n) is 7.02. The van der Waals surface area contributed by atoms with Crippen LogP contribution in [0.2, 0.25) is 0 Å². The van der Waals surface area contributed by atoms with Crippen LogP contribution in [0.15, 0.2) is 42.7 Å². The van der Waals surface area contributed by atoms with Gasteiger partial charge >= 0.3 is 6.30 Å². The van der Waals surface area contributed by atoms with Crippen LogP contribution >= 0.6 is 0 Å². The quantitative estimate of drug-likeness (QED) is 0.334. The second-order valence-corrected chi connectivity index (χ2v) is 9.42. The molecule has 1 aliphatic heterocycles. The van der Waals surface area contributed by atoms with Crippen LogP contribution in [0.4, 0.5) is 23.4 Å². The molecule has 2 aromatic carbocycles. The van der Waals surface area contributed by atoms with Crippen molar-refractivity contribution in [2.24, 2.45) is 7.05 Å². The van der Waals surface area contributed by atoms with Gasteiger partial charge in [0.2, 0.25) is 0 Å². The summed E-state index contributed by atoms with van der Waals surface area (Å²) in [7, 11) is 3.28. The number of fused-ring (bicyclic) bond motifs is 4. The molecule has 2 N–H and O–H groups in total. The van der Waals surface area contributed by atoms with Gasteiger partial charge in [-0.2, -0.15) is 14.9 Å². The van der Waals surface area contributed by atoms with E-state index in [1.54, 1.807) is 43.9 Å². The Morgan fingerprint density at radius 3 is 2.69 bits per heavy atom. The molecule has 0 unspecified atom stereocenters. The molecule has 0 fully saturated rings. The number of carbonyl (C=O) groups is 1. The van der Waals surface area contributed by atoms with E-state index in [2.05, 4.69) is 15.2 Å². The number of likely N-dealkylation sites (N-methyl/N-ethyl adjacent to an activating group) is 1. The molecule has 200 valence electrons. The highest BCUT2D eigenvalue weighted by Crippen LogP contribution is 2.40. The zero-order valence-electron chi connectivity index (χ0n) is 20.9. The van der Waals surface area contributed by atoms with Crippen LogP contribution < -0.4 is 10.5 Å². The van der Waals surface area contributed by atoms with Crippen molar-refractivity contribution in [1.82, 2.24) is 29.4 Å². The number of carbonyl (C=O) groups excluding carboxylic acids is 1. The Hall–Kier alpha value is -4.68. The highest BCUT2D eigenvalue weighted by Gasteiger charge is 2.34. The van der Waals surface area contributed by atoms with Crippen LogP contribution in [-0.4, -0.2) is 49.0 Å². The molecule has 39 heavy (non-hydrogen) atoms. The lowest BCUT2D eigenvalue weighted by Crippen LogP contribution is -2.32. The molecule has 1 atom stereocenters. The van der Waals surface area contributed by atoms with Crippen LogP contribution in [0.1, 0.15) is 27.7 Å². The van der Waals surface area contributed by atoms with Gasteiger partial charge in [-0.1, -0.05) is 12.1 Å². The van der Waals surface area contributed by atoms with Gasteiger partial charge < -0.3 is 15.4 Å². The number of pyridine rings is 1. The van der Waals surface area contributed by atoms with Crippen molar-refractivity contribution in [2.45, 2.75) is 19.3 Å². The molecule has 1 aliphatic rings. The molecular weight excluding hydrogens is 518 g/mol. The molecule has 5 aromatic rings. The first-order valence-electron chi connectivity index (χ1n) is 11.8. The van der Waals surface area contributed by atoms with Crippen LogP contribution in [-0.2, 0) is 13.3 Å². The molecule has 9 nitrogen and oxygen atoms in total. The number of halogens is 4. The van der Waals surface area contributed by atoms with E-state index in [0.29, 0.717) is 44.4 Å². The number of nitrogen functional groups attached to an aromatic ring is 1. The molecular formula is C26H21F4N7O2. The largest absolute Gasteiger partial charge is 0.504 e. The van der Waals surface area contributed by atoms with E-state index in [-0.39, 0.29) is 28.2 Å². The van der Waals surface area contributed by atoms with Crippen molar-refractivity contribution in [3.8, 4) is 16.9 Å². The fourth-order valence-corrected chi connectivity index (χ4v) is 5.10. The van der Waals surface area contributed by atoms with Crippen LogP contribution in [0.25, 0.3) is 32.9 Å². The fourth-order valence-electron chi connectivity index (χ4n) is 5.10. The topological polar surface area (TPSA) is 104 Å². The fraction of sp³-hybridized carbons (Fsp3) is 0.231. The molecule has 0 saturated carbocycles. The minimum Gasteiger partial charge on any atom is -0.491 e. The van der Waals surface area contributed by atoms with Crippen molar-refractivity contribution < 1.29 is 27.1 Å². The molecule has 0 saturated heterocycles. The number of anilines is 1. The Kier molecular flexibility index (Phi) is 5.32. The first-order valence-corrected chi connectivity index (χ1v) is 11.8. The molecule has 13 heteroatoms. The van der Waals surface area contributed by atoms with E-state index in [9.17, 15) is 18.0 Å². The van der Waals surface area contributed by atoms with Gasteiger partial charge in [0.15, 0.2) is 0 Å². The summed E-state index contributed by atoms with van der Waals surface area (Å²) in [5.41, 5.74) is 8.94. The summed E-state index contributed by atoms with van der Waals surface area (Å²) in [6.45, 7) is 1.89. The molecule has 3 aromatic heterocycles. The Bertz CT molecular complexity index is 1810. The number of rotatable bonds is 3. The molecule has 1 amide bonds. The van der Waals surface area contributed by atoms with Gasteiger partial charge in [0.05, 0.1) is 39.9 Å². The predicted molar refractivity (Wildman–Crippen MR) is 134 cm³/mol. The Morgan fingerprint density at radius 2 is 1.97 bits per heavy atom. The van der Waals surface area contributed by atoms with Gasteiger partial charge in [-0.15, -0.1) is 13.2 Å². The Balaban J connectivity index is 1.34. The number of hydrogen-bond donors (Lipinski definition) is 1. The summed E-state index contributed by atoms with van der Waals surface area (Å²) in [5, 5.41) is 8.93. The number of hydrogen-bond acceptors (Lipinski definition) is 6. The summed E-state index contributed by atoms with van der Waals surface area (Å²) in [4.78, 5) is 19.2. The van der Waals surface area contributed by atoms with Crippen molar-refractivity contribution in [1.29, 1.82) is 0 Å². The van der Waals surface area contributed by atoms with Crippen LogP contribution in [0, 0.1) is 12.7 Å². The van der Waals surface area contributed by atoms with Gasteiger partial charge in [0.1, 0.15) is 24.0 Å². The van der Waals surface area contributed by atoms with Crippen molar-refractivity contribution in [2.75, 3.05) is 19.4 Å². The van der Waals surface area contributed by atoms with Crippen LogP contribution in [0.5, 0.6) is 5.75 Å². The minimum atomic E-state index is -4.62. The standard InChI is InChI=1S/C26H21F4N7O2/c1-12-22-23(36(3)34-12)17-7-16(18(27)8-19(17)33-24(22)31)25(38)35(2)20-11-39-21-6-13(4-5-15(20)21)14-9-32-37(10-14)26(28,29)30/h4-10,20H,11H2,1-3H3,(H2,31,33)/t20-/m1/s1. The zero-order chi connectivity index (χ0) is 27.8. The van der Waals surface area contributed by atoms with E-state index >= 15 is 4.39 Å². The van der Waals surface area contributed by atoms with Gasteiger partial charge in [-0.3, -0.25) is 9.48 Å². The van der Waals surface area contributed by atoms with E-state index in [4.69, 9.17) is 10.5 Å². The summed E-state index contributed by atoms with van der Waals surface area (Å²) in [5.74, 6) is -0.679. The first-order chi connectivity index (χ1) is 18.4. The molecule has 4 heterocycles. The monoisotopic (exact) mass is 539 g/mol. The number of ether oxygens (including phenoxy) is 1. The average Bonchev–Trinajstić information content (AvgIpc) is 3.60. The summed E-state index contributed by atoms with van der Waals surface area (Å²) < 4.78 is 61.3. The normalized spacial score (nSPS) is 15.1. The number of nitrogens with two attached hydrogens (primary N) is 1. The number of amides is 1. The summed E-state index contributed by atoms with van der Waals surface area (Å²) in [6.07, 6.45) is -2.62. The minimum absolute atomic E-state index is 0.0752. The molecule has 6 rings (SSSR count). The number of alkyl halides is 3. The van der Waals surface area contributed by atoms with Gasteiger partial charge in [-0.25, -0.2) is 9.37 Å². The molecule has 0 bridgehead atoms. The SMILES string of the molecule is Cc1nn(C)c2c1c(N)nc1cc(F)c(C(=O)N(C)[C@@H]3COc4cc(-c5cnn(C(F)(F)F)c5)ccc43)cc12. The third-order valence-corrected chi connectivity index (χ3v) is 7.02. The predicted octanol–water partition coefficient (Wildman–Crippen LogP) is 4.70. The average molecular weight is 539 g/mol. The maximum atomic E-state index is 15.2. The van der Waals surface area contributed by atoms with E-state index < -0.39 is 24.1 Å². The maximum Gasteiger partial charge on any atom is 0.504 e.